The van der Waals surface area contributed by atoms with Crippen LogP contribution in [-0.2, 0) is 12.8 Å². The van der Waals surface area contributed by atoms with Crippen LogP contribution < -0.4 is 5.32 Å². The summed E-state index contributed by atoms with van der Waals surface area (Å²) in [5, 5.41) is 3.67. The molecular formula is C22H18BrNO2S. The van der Waals surface area contributed by atoms with Gasteiger partial charge in [0.25, 0.3) is 5.91 Å². The number of fused-ring (bicyclic) bond motifs is 1. The molecule has 136 valence electrons. The van der Waals surface area contributed by atoms with Crippen molar-refractivity contribution in [3.8, 4) is 0 Å². The smallest absolute Gasteiger partial charge is 0.256 e. The Morgan fingerprint density at radius 3 is 2.33 bits per heavy atom. The second kappa shape index (κ2) is 7.79. The number of aryl methyl sites for hydroxylation is 1. The minimum Gasteiger partial charge on any atom is -0.313 e. The van der Waals surface area contributed by atoms with Crippen LogP contribution in [0, 0.1) is 0 Å². The van der Waals surface area contributed by atoms with E-state index < -0.39 is 0 Å². The lowest BCUT2D eigenvalue weighted by Crippen LogP contribution is -2.14. The maximum absolute atomic E-state index is 13.2. The Labute approximate surface area is 170 Å². The number of anilines is 1. The van der Waals surface area contributed by atoms with Crippen molar-refractivity contribution in [1.29, 1.82) is 0 Å². The number of thiophene rings is 1. The third-order valence-corrected chi connectivity index (χ3v) is 6.50. The van der Waals surface area contributed by atoms with Crippen LogP contribution in [-0.4, -0.2) is 11.7 Å². The molecule has 0 bridgehead atoms. The van der Waals surface area contributed by atoms with Gasteiger partial charge in [0.1, 0.15) is 5.00 Å². The molecular weight excluding hydrogens is 422 g/mol. The molecule has 1 aliphatic rings. The van der Waals surface area contributed by atoms with Gasteiger partial charge in [-0.15, -0.1) is 11.3 Å². The summed E-state index contributed by atoms with van der Waals surface area (Å²) in [6, 6.07) is 16.5. The van der Waals surface area contributed by atoms with Gasteiger partial charge in [-0.25, -0.2) is 0 Å². The molecule has 4 rings (SSSR count). The molecule has 3 nitrogen and oxygen atoms in total. The van der Waals surface area contributed by atoms with E-state index in [0.29, 0.717) is 21.7 Å². The Bertz CT molecular complexity index is 993. The summed E-state index contributed by atoms with van der Waals surface area (Å²) in [5.74, 6) is -0.204. The predicted molar refractivity (Wildman–Crippen MR) is 113 cm³/mol. The first-order valence-electron chi connectivity index (χ1n) is 8.94. The molecule has 2 aromatic carbocycles. The van der Waals surface area contributed by atoms with Crippen molar-refractivity contribution < 1.29 is 9.59 Å². The fourth-order valence-electron chi connectivity index (χ4n) is 3.40. The largest absolute Gasteiger partial charge is 0.313 e. The molecule has 0 radical (unpaired) electrons. The summed E-state index contributed by atoms with van der Waals surface area (Å²) in [7, 11) is 0. The quantitative estimate of drug-likeness (QED) is 0.516. The molecule has 5 heteroatoms. The van der Waals surface area contributed by atoms with E-state index in [1.807, 2.05) is 42.5 Å². The highest BCUT2D eigenvalue weighted by molar-refractivity contribution is 9.10. The third-order valence-electron chi connectivity index (χ3n) is 4.77. The van der Waals surface area contributed by atoms with E-state index in [2.05, 4.69) is 21.2 Å². The SMILES string of the molecule is O=C(Nc1sc2c(c1C(=O)c1ccccc1)CCCC2)c1ccc(Br)cc1. The zero-order valence-electron chi connectivity index (χ0n) is 14.6. The van der Waals surface area contributed by atoms with Gasteiger partial charge < -0.3 is 5.32 Å². The van der Waals surface area contributed by atoms with Crippen molar-refractivity contribution >= 4 is 44.0 Å². The van der Waals surface area contributed by atoms with E-state index in [1.165, 1.54) is 4.88 Å². The zero-order valence-corrected chi connectivity index (χ0v) is 17.0. The second-order valence-electron chi connectivity index (χ2n) is 6.57. The molecule has 0 atom stereocenters. The average molecular weight is 440 g/mol. The van der Waals surface area contributed by atoms with Gasteiger partial charge in [0.15, 0.2) is 5.78 Å². The van der Waals surface area contributed by atoms with Crippen LogP contribution in [0.5, 0.6) is 0 Å². The molecule has 1 heterocycles. The molecule has 1 aromatic heterocycles. The number of ketones is 1. The van der Waals surface area contributed by atoms with Gasteiger partial charge in [0.05, 0.1) is 5.56 Å². The number of amides is 1. The van der Waals surface area contributed by atoms with E-state index in [1.54, 1.807) is 23.5 Å². The summed E-state index contributed by atoms with van der Waals surface area (Å²) in [4.78, 5) is 27.2. The van der Waals surface area contributed by atoms with E-state index in [9.17, 15) is 9.59 Å². The Hall–Kier alpha value is -2.24. The number of hydrogen-bond acceptors (Lipinski definition) is 3. The minimum absolute atomic E-state index is 0.0129. The summed E-state index contributed by atoms with van der Waals surface area (Å²) in [5.41, 5.74) is 3.02. The Morgan fingerprint density at radius 1 is 0.889 bits per heavy atom. The van der Waals surface area contributed by atoms with E-state index in [-0.39, 0.29) is 11.7 Å². The first-order valence-corrected chi connectivity index (χ1v) is 10.6. The number of carbonyl (C=O) groups is 2. The van der Waals surface area contributed by atoms with Crippen molar-refractivity contribution in [3.63, 3.8) is 0 Å². The van der Waals surface area contributed by atoms with Gasteiger partial charge in [-0.2, -0.15) is 0 Å². The van der Waals surface area contributed by atoms with Crippen LogP contribution in [0.4, 0.5) is 5.00 Å². The normalized spacial score (nSPS) is 13.1. The average Bonchev–Trinajstić information content (AvgIpc) is 3.06. The highest BCUT2D eigenvalue weighted by Crippen LogP contribution is 2.39. The van der Waals surface area contributed by atoms with Crippen molar-refractivity contribution in [2.75, 3.05) is 5.32 Å². The number of benzene rings is 2. The van der Waals surface area contributed by atoms with Crippen LogP contribution in [0.25, 0.3) is 0 Å². The highest BCUT2D eigenvalue weighted by Gasteiger charge is 2.27. The maximum atomic E-state index is 13.2. The minimum atomic E-state index is -0.191. The molecule has 3 aromatic rings. The second-order valence-corrected chi connectivity index (χ2v) is 8.59. The monoisotopic (exact) mass is 439 g/mol. The van der Waals surface area contributed by atoms with Crippen LogP contribution in [0.3, 0.4) is 0 Å². The summed E-state index contributed by atoms with van der Waals surface area (Å²) in [6.07, 6.45) is 4.09. The first kappa shape index (κ1) is 18.1. The van der Waals surface area contributed by atoms with Crippen molar-refractivity contribution in [2.45, 2.75) is 25.7 Å². The third kappa shape index (κ3) is 3.75. The maximum Gasteiger partial charge on any atom is 0.256 e. The van der Waals surface area contributed by atoms with Crippen LogP contribution in [0.2, 0.25) is 0 Å². The van der Waals surface area contributed by atoms with Crippen LogP contribution in [0.1, 0.15) is 49.6 Å². The molecule has 0 unspecified atom stereocenters. The predicted octanol–water partition coefficient (Wildman–Crippen LogP) is 5.87. The lowest BCUT2D eigenvalue weighted by molar-refractivity contribution is 0.102. The highest BCUT2D eigenvalue weighted by atomic mass is 79.9. The van der Waals surface area contributed by atoms with E-state index in [0.717, 1.165) is 35.7 Å². The number of hydrogen-bond donors (Lipinski definition) is 1. The van der Waals surface area contributed by atoms with Gasteiger partial charge in [0.2, 0.25) is 0 Å². The van der Waals surface area contributed by atoms with Gasteiger partial charge in [-0.05, 0) is 55.5 Å². The molecule has 1 amide bonds. The summed E-state index contributed by atoms with van der Waals surface area (Å²) >= 11 is 4.93. The van der Waals surface area contributed by atoms with E-state index >= 15 is 0 Å². The molecule has 0 saturated carbocycles. The van der Waals surface area contributed by atoms with E-state index in [4.69, 9.17) is 0 Å². The zero-order chi connectivity index (χ0) is 18.8. The van der Waals surface area contributed by atoms with Crippen molar-refractivity contribution in [1.82, 2.24) is 0 Å². The van der Waals surface area contributed by atoms with Crippen molar-refractivity contribution in [2.24, 2.45) is 0 Å². The number of nitrogens with one attached hydrogen (secondary N) is 1. The topological polar surface area (TPSA) is 46.2 Å². The standard InChI is InChI=1S/C22H18BrNO2S/c23-16-12-10-15(11-13-16)21(26)24-22-19(17-8-4-5-9-18(17)27-22)20(25)14-6-2-1-3-7-14/h1-3,6-7,10-13H,4-5,8-9H2,(H,24,26). The van der Waals surface area contributed by atoms with Gasteiger partial charge in [0, 0.05) is 20.5 Å². The molecule has 1 aliphatic carbocycles. The number of carbonyl (C=O) groups excluding carboxylic acids is 2. The molecule has 27 heavy (non-hydrogen) atoms. The summed E-state index contributed by atoms with van der Waals surface area (Å²) in [6.45, 7) is 0. The number of rotatable bonds is 4. The fraction of sp³-hybridized carbons (Fsp3) is 0.182. The lowest BCUT2D eigenvalue weighted by Gasteiger charge is -2.12. The van der Waals surface area contributed by atoms with Crippen LogP contribution in [0.15, 0.2) is 59.1 Å². The molecule has 1 N–H and O–H groups in total. The van der Waals surface area contributed by atoms with Crippen LogP contribution >= 0.6 is 27.3 Å². The Kier molecular flexibility index (Phi) is 5.23. The first-order chi connectivity index (χ1) is 13.1. The summed E-state index contributed by atoms with van der Waals surface area (Å²) < 4.78 is 0.922. The number of halogens is 1. The fourth-order valence-corrected chi connectivity index (χ4v) is 4.95. The van der Waals surface area contributed by atoms with Crippen molar-refractivity contribution in [3.05, 3.63) is 86.2 Å². The molecule has 0 aliphatic heterocycles. The lowest BCUT2D eigenvalue weighted by atomic mass is 9.92. The Balaban J connectivity index is 1.72. The molecule has 0 spiro atoms. The van der Waals surface area contributed by atoms with Gasteiger partial charge >= 0.3 is 0 Å². The molecule has 0 fully saturated rings. The molecule has 0 saturated heterocycles. The van der Waals surface area contributed by atoms with Gasteiger partial charge in [-0.1, -0.05) is 46.3 Å². The Morgan fingerprint density at radius 2 is 1.59 bits per heavy atom. The van der Waals surface area contributed by atoms with Gasteiger partial charge in [-0.3, -0.25) is 9.59 Å².